The molecule has 18 heavy (non-hydrogen) atoms. The minimum atomic E-state index is -1.10. The van der Waals surface area contributed by atoms with Gasteiger partial charge in [0.1, 0.15) is 23.7 Å². The highest BCUT2D eigenvalue weighted by atomic mass is 16.6. The van der Waals surface area contributed by atoms with Gasteiger partial charge in [-0.3, -0.25) is 4.79 Å². The second kappa shape index (κ2) is 5.07. The number of rotatable bonds is 3. The molecule has 1 amide bonds. The summed E-state index contributed by atoms with van der Waals surface area (Å²) in [6.45, 7) is 6.59. The fraction of sp³-hybridized carbons (Fsp3) is 0.545. The first-order valence-electron chi connectivity index (χ1n) is 5.37. The van der Waals surface area contributed by atoms with Crippen LogP contribution in [0.1, 0.15) is 38.1 Å². The van der Waals surface area contributed by atoms with Crippen molar-refractivity contribution in [1.29, 1.82) is 0 Å². The fourth-order valence-electron chi connectivity index (χ4n) is 1.36. The average molecular weight is 256 g/mol. The maximum atomic E-state index is 11.5. The summed E-state index contributed by atoms with van der Waals surface area (Å²) in [7, 11) is 0. The van der Waals surface area contributed by atoms with Gasteiger partial charge in [0, 0.05) is 0 Å². The van der Waals surface area contributed by atoms with Gasteiger partial charge in [0.2, 0.25) is 0 Å². The van der Waals surface area contributed by atoms with E-state index in [0.29, 0.717) is 6.29 Å². The zero-order valence-corrected chi connectivity index (χ0v) is 10.7. The van der Waals surface area contributed by atoms with Crippen LogP contribution in [0.3, 0.4) is 0 Å². The first-order chi connectivity index (χ1) is 8.24. The van der Waals surface area contributed by atoms with Crippen LogP contribution < -0.4 is 10.9 Å². The molecule has 0 fully saturated rings. The molecule has 2 N–H and O–H groups in total. The summed E-state index contributed by atoms with van der Waals surface area (Å²) < 4.78 is 9.77. The van der Waals surface area contributed by atoms with Crippen LogP contribution >= 0.6 is 0 Å². The third kappa shape index (κ3) is 3.47. The zero-order valence-electron chi connectivity index (χ0n) is 10.7. The van der Waals surface area contributed by atoms with Crippen LogP contribution in [0.25, 0.3) is 0 Å². The SMILES string of the molecule is Cc1o[nH]c(=O)c1[C@H](C=O)NC(=O)OC(C)(C)C. The van der Waals surface area contributed by atoms with Crippen molar-refractivity contribution in [2.75, 3.05) is 0 Å². The molecule has 0 aliphatic heterocycles. The summed E-state index contributed by atoms with van der Waals surface area (Å²) in [5.41, 5.74) is -1.17. The molecule has 1 aromatic rings. The number of aryl methyl sites for hydroxylation is 1. The normalized spacial score (nSPS) is 12.9. The summed E-state index contributed by atoms with van der Waals surface area (Å²) in [6, 6.07) is -1.10. The van der Waals surface area contributed by atoms with Gasteiger partial charge in [0.15, 0.2) is 0 Å². The number of aromatic amines is 1. The van der Waals surface area contributed by atoms with Crippen molar-refractivity contribution < 1.29 is 18.8 Å². The topological polar surface area (TPSA) is 101 Å². The highest BCUT2D eigenvalue weighted by molar-refractivity contribution is 5.74. The van der Waals surface area contributed by atoms with Gasteiger partial charge < -0.3 is 19.4 Å². The molecule has 1 heterocycles. The minimum absolute atomic E-state index is 0.0656. The highest BCUT2D eigenvalue weighted by Gasteiger charge is 2.24. The lowest BCUT2D eigenvalue weighted by molar-refractivity contribution is -0.109. The van der Waals surface area contributed by atoms with Gasteiger partial charge in [-0.05, 0) is 27.7 Å². The molecule has 1 aromatic heterocycles. The number of hydrogen-bond donors (Lipinski definition) is 2. The Morgan fingerprint density at radius 3 is 2.50 bits per heavy atom. The van der Waals surface area contributed by atoms with Gasteiger partial charge >= 0.3 is 6.09 Å². The molecule has 0 unspecified atom stereocenters. The monoisotopic (exact) mass is 256 g/mol. The fourth-order valence-corrected chi connectivity index (χ4v) is 1.36. The molecule has 0 saturated carbocycles. The number of carbonyl (C=O) groups excluding carboxylic acids is 2. The van der Waals surface area contributed by atoms with E-state index in [2.05, 4.69) is 10.5 Å². The third-order valence-electron chi connectivity index (χ3n) is 2.04. The van der Waals surface area contributed by atoms with E-state index in [1.165, 1.54) is 6.92 Å². The van der Waals surface area contributed by atoms with E-state index in [-0.39, 0.29) is 11.3 Å². The van der Waals surface area contributed by atoms with Crippen molar-refractivity contribution in [3.05, 3.63) is 21.7 Å². The van der Waals surface area contributed by atoms with Crippen molar-refractivity contribution in [1.82, 2.24) is 10.5 Å². The number of H-pyrrole nitrogens is 1. The smallest absolute Gasteiger partial charge is 0.408 e. The van der Waals surface area contributed by atoms with Crippen LogP contribution in [-0.4, -0.2) is 23.1 Å². The van der Waals surface area contributed by atoms with E-state index in [4.69, 9.17) is 9.26 Å². The van der Waals surface area contributed by atoms with Crippen LogP contribution in [0.5, 0.6) is 0 Å². The molecule has 7 heteroatoms. The Hall–Kier alpha value is -2.05. The van der Waals surface area contributed by atoms with Crippen LogP contribution in [-0.2, 0) is 9.53 Å². The molecule has 0 bridgehead atoms. The van der Waals surface area contributed by atoms with Crippen LogP contribution in [0.4, 0.5) is 4.79 Å². The summed E-state index contributed by atoms with van der Waals surface area (Å²) in [4.78, 5) is 33.9. The first kappa shape index (κ1) is 14.0. The Balaban J connectivity index is 2.84. The molecule has 0 saturated heterocycles. The van der Waals surface area contributed by atoms with E-state index in [0.717, 1.165) is 0 Å². The number of aldehydes is 1. The van der Waals surface area contributed by atoms with Gasteiger partial charge in [0.05, 0.1) is 5.56 Å². The largest absolute Gasteiger partial charge is 0.444 e. The Morgan fingerprint density at radius 2 is 2.11 bits per heavy atom. The Labute approximate surface area is 103 Å². The summed E-state index contributed by atoms with van der Waals surface area (Å²) in [6.07, 6.45) is -0.337. The number of aromatic nitrogens is 1. The molecule has 0 radical (unpaired) electrons. The predicted octanol–water partition coefficient (Wildman–Crippen LogP) is 1.04. The Kier molecular flexibility index (Phi) is 3.95. The summed E-state index contributed by atoms with van der Waals surface area (Å²) >= 11 is 0. The number of alkyl carbamates (subject to hydrolysis) is 1. The maximum Gasteiger partial charge on any atom is 0.408 e. The Morgan fingerprint density at radius 1 is 1.50 bits per heavy atom. The van der Waals surface area contributed by atoms with Gasteiger partial charge in [0.25, 0.3) is 5.56 Å². The molecule has 7 nitrogen and oxygen atoms in total. The molecule has 0 aliphatic carbocycles. The van der Waals surface area contributed by atoms with Gasteiger partial charge in [-0.2, -0.15) is 5.16 Å². The van der Waals surface area contributed by atoms with E-state index < -0.39 is 23.3 Å². The quantitative estimate of drug-likeness (QED) is 0.787. The lowest BCUT2D eigenvalue weighted by Gasteiger charge is -2.21. The van der Waals surface area contributed by atoms with Gasteiger partial charge in [-0.1, -0.05) is 0 Å². The number of hydrogen-bond acceptors (Lipinski definition) is 5. The predicted molar refractivity (Wildman–Crippen MR) is 62.2 cm³/mol. The van der Waals surface area contributed by atoms with Crippen molar-refractivity contribution in [2.24, 2.45) is 0 Å². The molecule has 0 aliphatic rings. The first-order valence-corrected chi connectivity index (χ1v) is 5.37. The Bertz CT molecular complexity index is 494. The minimum Gasteiger partial charge on any atom is -0.444 e. The van der Waals surface area contributed by atoms with E-state index in [1.807, 2.05) is 0 Å². The summed E-state index contributed by atoms with van der Waals surface area (Å²) in [5, 5.41) is 4.39. The maximum absolute atomic E-state index is 11.5. The standard InChI is InChI=1S/C11H16N2O5/c1-6-8(9(15)13-18-6)7(5-14)12-10(16)17-11(2,3)4/h5,7H,1-4H3,(H,12,16)(H,13,15)/t7-/m0/s1. The summed E-state index contributed by atoms with van der Waals surface area (Å²) in [5.74, 6) is 0.244. The third-order valence-corrected chi connectivity index (χ3v) is 2.04. The van der Waals surface area contributed by atoms with Crippen molar-refractivity contribution >= 4 is 12.4 Å². The van der Waals surface area contributed by atoms with Crippen molar-refractivity contribution in [3.63, 3.8) is 0 Å². The molecule has 0 spiro atoms. The molecule has 100 valence electrons. The highest BCUT2D eigenvalue weighted by Crippen LogP contribution is 2.13. The van der Waals surface area contributed by atoms with Gasteiger partial charge in [-0.15, -0.1) is 0 Å². The lowest BCUT2D eigenvalue weighted by Crippen LogP contribution is -2.37. The number of amides is 1. The van der Waals surface area contributed by atoms with E-state index in [1.54, 1.807) is 20.8 Å². The van der Waals surface area contributed by atoms with Crippen molar-refractivity contribution in [3.8, 4) is 0 Å². The van der Waals surface area contributed by atoms with E-state index in [9.17, 15) is 14.4 Å². The zero-order chi connectivity index (χ0) is 13.9. The molecular formula is C11H16N2O5. The van der Waals surface area contributed by atoms with Crippen LogP contribution in [0.15, 0.2) is 9.32 Å². The van der Waals surface area contributed by atoms with Crippen molar-refractivity contribution in [2.45, 2.75) is 39.3 Å². The molecule has 1 rings (SSSR count). The number of nitrogens with one attached hydrogen (secondary N) is 2. The second-order valence-electron chi connectivity index (χ2n) is 4.76. The van der Waals surface area contributed by atoms with Crippen LogP contribution in [0, 0.1) is 6.92 Å². The second-order valence-corrected chi connectivity index (χ2v) is 4.76. The lowest BCUT2D eigenvalue weighted by atomic mass is 10.1. The molecule has 0 aromatic carbocycles. The molecular weight excluding hydrogens is 240 g/mol. The van der Waals surface area contributed by atoms with E-state index >= 15 is 0 Å². The number of ether oxygens (including phenoxy) is 1. The van der Waals surface area contributed by atoms with Crippen LogP contribution in [0.2, 0.25) is 0 Å². The molecule has 1 atom stereocenters. The number of carbonyl (C=O) groups is 2. The van der Waals surface area contributed by atoms with Gasteiger partial charge in [-0.25, -0.2) is 4.79 Å². The average Bonchev–Trinajstić information content (AvgIpc) is 2.53.